The third-order valence-electron chi connectivity index (χ3n) is 1.43. The fourth-order valence-electron chi connectivity index (χ4n) is 0.806. The van der Waals surface area contributed by atoms with Gasteiger partial charge in [0.05, 0.1) is 13.2 Å². The van der Waals surface area contributed by atoms with Gasteiger partial charge in [0.25, 0.3) is 5.56 Å². The molecule has 6 nitrogen and oxygen atoms in total. The van der Waals surface area contributed by atoms with Crippen molar-refractivity contribution in [2.75, 3.05) is 13.2 Å². The van der Waals surface area contributed by atoms with E-state index in [1.165, 1.54) is 6.20 Å². The van der Waals surface area contributed by atoms with Gasteiger partial charge < -0.3 is 9.84 Å². The quantitative estimate of drug-likeness (QED) is 0.648. The van der Waals surface area contributed by atoms with Crippen molar-refractivity contribution in [2.45, 2.75) is 6.73 Å². The lowest BCUT2D eigenvalue weighted by Gasteiger charge is -2.04. The number of hydrogen-bond donors (Lipinski definition) is 2. The van der Waals surface area contributed by atoms with Crippen LogP contribution < -0.4 is 11.2 Å². The molecule has 1 heterocycles. The van der Waals surface area contributed by atoms with E-state index in [-0.39, 0.29) is 25.0 Å². The molecule has 78 valence electrons. The lowest BCUT2D eigenvalue weighted by Crippen LogP contribution is -2.30. The second-order valence-corrected chi connectivity index (χ2v) is 2.87. The van der Waals surface area contributed by atoms with E-state index in [1.54, 1.807) is 0 Å². The van der Waals surface area contributed by atoms with Gasteiger partial charge in [0, 0.05) is 6.20 Å². The first-order chi connectivity index (χ1) is 6.65. The van der Waals surface area contributed by atoms with Gasteiger partial charge in [-0.2, -0.15) is 0 Å². The van der Waals surface area contributed by atoms with Crippen LogP contribution >= 0.6 is 11.6 Å². The summed E-state index contributed by atoms with van der Waals surface area (Å²) in [5.41, 5.74) is -1.23. The third kappa shape index (κ3) is 2.69. The van der Waals surface area contributed by atoms with Gasteiger partial charge in [0.2, 0.25) is 0 Å². The Balaban J connectivity index is 2.82. The molecule has 0 aliphatic rings. The molecule has 0 fully saturated rings. The highest BCUT2D eigenvalue weighted by molar-refractivity contribution is 6.30. The van der Waals surface area contributed by atoms with E-state index < -0.39 is 11.2 Å². The van der Waals surface area contributed by atoms with Crippen LogP contribution in [0.5, 0.6) is 0 Å². The van der Waals surface area contributed by atoms with E-state index in [1.807, 2.05) is 4.98 Å². The SMILES string of the molecule is O=c1[nH]c(=O)n(COCCO)cc1Cl. The molecule has 0 saturated carbocycles. The summed E-state index contributed by atoms with van der Waals surface area (Å²) in [5, 5.41) is 8.33. The molecule has 0 bridgehead atoms. The molecule has 2 N–H and O–H groups in total. The number of nitrogens with one attached hydrogen (secondary N) is 1. The van der Waals surface area contributed by atoms with Gasteiger partial charge in [-0.05, 0) is 0 Å². The van der Waals surface area contributed by atoms with Gasteiger partial charge in [-0.3, -0.25) is 14.3 Å². The maximum Gasteiger partial charge on any atom is 0.330 e. The summed E-state index contributed by atoms with van der Waals surface area (Å²) in [5.74, 6) is 0. The highest BCUT2D eigenvalue weighted by Crippen LogP contribution is 1.95. The average Bonchev–Trinajstić information content (AvgIpc) is 2.14. The Kier molecular flexibility index (Phi) is 3.87. The van der Waals surface area contributed by atoms with E-state index in [0.29, 0.717) is 0 Å². The van der Waals surface area contributed by atoms with Crippen LogP contribution in [0.15, 0.2) is 15.8 Å². The Morgan fingerprint density at radius 3 is 2.93 bits per heavy atom. The van der Waals surface area contributed by atoms with Crippen LogP contribution in [0.2, 0.25) is 5.02 Å². The molecule has 14 heavy (non-hydrogen) atoms. The maximum absolute atomic E-state index is 11.1. The van der Waals surface area contributed by atoms with Crippen LogP contribution in [0.25, 0.3) is 0 Å². The Labute approximate surface area is 83.7 Å². The number of aliphatic hydroxyl groups excluding tert-OH is 1. The number of aliphatic hydroxyl groups is 1. The molecule has 0 aliphatic carbocycles. The van der Waals surface area contributed by atoms with Crippen LogP contribution in [0.3, 0.4) is 0 Å². The Morgan fingerprint density at radius 1 is 1.57 bits per heavy atom. The topological polar surface area (TPSA) is 84.3 Å². The van der Waals surface area contributed by atoms with Gasteiger partial charge in [0.15, 0.2) is 0 Å². The minimum Gasteiger partial charge on any atom is -0.394 e. The number of ether oxygens (including phenoxy) is 1. The molecular weight excluding hydrogens is 212 g/mol. The van der Waals surface area contributed by atoms with Gasteiger partial charge in [-0.15, -0.1) is 0 Å². The largest absolute Gasteiger partial charge is 0.394 e. The normalized spacial score (nSPS) is 10.4. The Bertz CT molecular complexity index is 411. The average molecular weight is 221 g/mol. The predicted molar refractivity (Wildman–Crippen MR) is 49.4 cm³/mol. The van der Waals surface area contributed by atoms with Crippen molar-refractivity contribution in [3.8, 4) is 0 Å². The van der Waals surface area contributed by atoms with E-state index in [4.69, 9.17) is 21.4 Å². The van der Waals surface area contributed by atoms with Crippen LogP contribution in [0, 0.1) is 0 Å². The Morgan fingerprint density at radius 2 is 2.29 bits per heavy atom. The predicted octanol–water partition coefficient (Wildman–Crippen LogP) is -0.844. The van der Waals surface area contributed by atoms with Gasteiger partial charge in [-0.1, -0.05) is 11.6 Å². The minimum atomic E-state index is -0.630. The van der Waals surface area contributed by atoms with Crippen molar-refractivity contribution in [1.82, 2.24) is 9.55 Å². The molecule has 0 unspecified atom stereocenters. The summed E-state index contributed by atoms with van der Waals surface area (Å²) in [4.78, 5) is 23.9. The van der Waals surface area contributed by atoms with Gasteiger partial charge in [0.1, 0.15) is 11.8 Å². The van der Waals surface area contributed by atoms with Crippen LogP contribution in [-0.4, -0.2) is 27.9 Å². The highest BCUT2D eigenvalue weighted by Gasteiger charge is 2.01. The van der Waals surface area contributed by atoms with Crippen LogP contribution in [-0.2, 0) is 11.5 Å². The molecule has 0 radical (unpaired) electrons. The van der Waals surface area contributed by atoms with Crippen molar-refractivity contribution in [1.29, 1.82) is 0 Å². The molecule has 0 aromatic carbocycles. The second-order valence-electron chi connectivity index (χ2n) is 2.47. The zero-order valence-corrected chi connectivity index (χ0v) is 7.95. The van der Waals surface area contributed by atoms with Crippen molar-refractivity contribution < 1.29 is 9.84 Å². The Hall–Kier alpha value is -1.11. The van der Waals surface area contributed by atoms with Gasteiger partial charge in [-0.25, -0.2) is 4.79 Å². The molecular formula is C7H9ClN2O4. The first-order valence-electron chi connectivity index (χ1n) is 3.83. The number of nitrogens with zero attached hydrogens (tertiary/aromatic N) is 1. The summed E-state index contributed by atoms with van der Waals surface area (Å²) in [6.07, 6.45) is 1.18. The second kappa shape index (κ2) is 4.94. The number of hydrogen-bond acceptors (Lipinski definition) is 4. The van der Waals surface area contributed by atoms with E-state index in [0.717, 1.165) is 4.57 Å². The maximum atomic E-state index is 11.1. The van der Waals surface area contributed by atoms with Crippen molar-refractivity contribution >= 4 is 11.6 Å². The summed E-state index contributed by atoms with van der Waals surface area (Å²) in [7, 11) is 0. The monoisotopic (exact) mass is 220 g/mol. The lowest BCUT2D eigenvalue weighted by molar-refractivity contribution is 0.0457. The molecule has 7 heteroatoms. The molecule has 0 atom stereocenters. The zero-order chi connectivity index (χ0) is 10.6. The molecule has 1 rings (SSSR count). The number of aromatic nitrogens is 2. The smallest absolute Gasteiger partial charge is 0.330 e. The number of H-pyrrole nitrogens is 1. The minimum absolute atomic E-state index is 0.0596. The number of halogens is 1. The fourth-order valence-corrected chi connectivity index (χ4v) is 0.971. The van der Waals surface area contributed by atoms with Crippen molar-refractivity contribution in [2.24, 2.45) is 0 Å². The van der Waals surface area contributed by atoms with E-state index >= 15 is 0 Å². The molecule has 0 saturated heterocycles. The summed E-state index contributed by atoms with van der Waals surface area (Å²) < 4.78 is 5.97. The fraction of sp³-hybridized carbons (Fsp3) is 0.429. The summed E-state index contributed by atoms with van der Waals surface area (Å²) in [6.45, 7) is -0.0785. The molecule has 0 amide bonds. The zero-order valence-electron chi connectivity index (χ0n) is 7.20. The molecule has 0 spiro atoms. The van der Waals surface area contributed by atoms with Gasteiger partial charge >= 0.3 is 5.69 Å². The van der Waals surface area contributed by atoms with Crippen LogP contribution in [0.4, 0.5) is 0 Å². The lowest BCUT2D eigenvalue weighted by atomic mass is 10.6. The van der Waals surface area contributed by atoms with Crippen molar-refractivity contribution in [3.05, 3.63) is 32.1 Å². The first kappa shape index (κ1) is 11.0. The highest BCUT2D eigenvalue weighted by atomic mass is 35.5. The van der Waals surface area contributed by atoms with E-state index in [9.17, 15) is 9.59 Å². The molecule has 0 aliphatic heterocycles. The molecule has 1 aromatic heterocycles. The summed E-state index contributed by atoms with van der Waals surface area (Å²) >= 11 is 5.49. The number of aromatic amines is 1. The standard InChI is InChI=1S/C7H9ClN2O4/c8-5-3-10(4-14-2-1-11)7(13)9-6(5)12/h3,11H,1-2,4H2,(H,9,12,13). The molecule has 1 aromatic rings. The third-order valence-corrected chi connectivity index (χ3v) is 1.70. The first-order valence-corrected chi connectivity index (χ1v) is 4.21. The van der Waals surface area contributed by atoms with Crippen LogP contribution in [0.1, 0.15) is 0 Å². The van der Waals surface area contributed by atoms with Crippen molar-refractivity contribution in [3.63, 3.8) is 0 Å². The van der Waals surface area contributed by atoms with E-state index in [2.05, 4.69) is 0 Å². The number of rotatable bonds is 4. The summed E-state index contributed by atoms with van der Waals surface area (Å²) in [6, 6.07) is 0.